The minimum absolute atomic E-state index is 1.09. The fourth-order valence-electron chi connectivity index (χ4n) is 5.89. The predicted octanol–water partition coefficient (Wildman–Crippen LogP) is 10.1. The highest BCUT2D eigenvalue weighted by Crippen LogP contribution is 2.49. The lowest BCUT2D eigenvalue weighted by molar-refractivity contribution is 1.45. The van der Waals surface area contributed by atoms with Crippen LogP contribution < -0.4 is 0 Å². The van der Waals surface area contributed by atoms with Crippen molar-refractivity contribution < 1.29 is 0 Å². The maximum absolute atomic E-state index is 4.64. The summed E-state index contributed by atoms with van der Waals surface area (Å²) in [7, 11) is 0. The van der Waals surface area contributed by atoms with E-state index >= 15 is 0 Å². The highest BCUT2D eigenvalue weighted by Gasteiger charge is 2.22. The van der Waals surface area contributed by atoms with Gasteiger partial charge in [0, 0.05) is 21.7 Å². The molecule has 37 heavy (non-hydrogen) atoms. The molecule has 7 aromatic rings. The Morgan fingerprint density at radius 1 is 0.405 bits per heavy atom. The van der Waals surface area contributed by atoms with Crippen LogP contribution in [0.5, 0.6) is 0 Å². The Morgan fingerprint density at radius 2 is 0.919 bits per heavy atom. The van der Waals surface area contributed by atoms with Crippen molar-refractivity contribution in [3.05, 3.63) is 128 Å². The third-order valence-corrected chi connectivity index (χ3v) is 8.71. The highest BCUT2D eigenvalue weighted by molar-refractivity contribution is 7.26. The maximum Gasteiger partial charge on any atom is 0.124 e. The molecule has 0 aliphatic heterocycles. The van der Waals surface area contributed by atoms with Gasteiger partial charge >= 0.3 is 0 Å². The van der Waals surface area contributed by atoms with Crippen LogP contribution in [0.4, 0.5) is 0 Å². The van der Waals surface area contributed by atoms with Crippen LogP contribution in [0, 0.1) is 0 Å². The number of thiophene rings is 1. The smallest absolute Gasteiger partial charge is 0.124 e. The molecule has 1 aliphatic rings. The summed E-state index contributed by atoms with van der Waals surface area (Å²) in [6.45, 7) is 0. The highest BCUT2D eigenvalue weighted by atomic mass is 32.1. The largest absolute Gasteiger partial charge is 0.245 e. The van der Waals surface area contributed by atoms with Crippen LogP contribution in [-0.2, 0) is 0 Å². The van der Waals surface area contributed by atoms with Gasteiger partial charge < -0.3 is 0 Å². The Kier molecular flexibility index (Phi) is 4.46. The first kappa shape index (κ1) is 20.6. The molecule has 0 spiro atoms. The summed E-state index contributed by atoms with van der Waals surface area (Å²) < 4.78 is 1.29. The summed E-state index contributed by atoms with van der Waals surface area (Å²) in [5, 5.41) is 2.50. The van der Waals surface area contributed by atoms with E-state index in [0.717, 1.165) is 4.83 Å². The Bertz CT molecular complexity index is 1990. The molecule has 0 amide bonds. The molecule has 2 aromatic heterocycles. The van der Waals surface area contributed by atoms with Crippen molar-refractivity contribution in [1.82, 2.24) is 4.98 Å². The van der Waals surface area contributed by atoms with Gasteiger partial charge in [-0.25, -0.2) is 4.98 Å². The Labute approximate surface area is 219 Å². The lowest BCUT2D eigenvalue weighted by Gasteiger charge is -2.23. The number of hydrogen-bond acceptors (Lipinski definition) is 2. The number of nitrogens with zero attached hydrogens (tertiary/aromatic N) is 1. The van der Waals surface area contributed by atoms with Gasteiger partial charge in [0.25, 0.3) is 0 Å². The molecule has 2 heteroatoms. The second-order valence-corrected chi connectivity index (χ2v) is 10.5. The molecular weight excluding hydrogens is 466 g/mol. The van der Waals surface area contributed by atoms with Gasteiger partial charge in [-0.15, -0.1) is 11.3 Å². The summed E-state index contributed by atoms with van der Waals surface area (Å²) in [5.41, 5.74) is 12.7. The van der Waals surface area contributed by atoms with Crippen LogP contribution in [-0.4, -0.2) is 4.98 Å². The molecule has 0 fully saturated rings. The monoisotopic (exact) mass is 487 g/mol. The zero-order valence-electron chi connectivity index (χ0n) is 20.0. The van der Waals surface area contributed by atoms with E-state index in [9.17, 15) is 0 Å². The van der Waals surface area contributed by atoms with E-state index in [0.29, 0.717) is 0 Å². The number of benzene rings is 5. The van der Waals surface area contributed by atoms with Crippen LogP contribution in [0.15, 0.2) is 128 Å². The summed E-state index contributed by atoms with van der Waals surface area (Å²) >= 11 is 1.78. The normalized spacial score (nSPS) is 11.8. The van der Waals surface area contributed by atoms with Crippen LogP contribution >= 0.6 is 11.3 Å². The van der Waals surface area contributed by atoms with E-state index in [1.165, 1.54) is 71.1 Å². The van der Waals surface area contributed by atoms with E-state index in [1.54, 1.807) is 11.3 Å². The third-order valence-electron chi connectivity index (χ3n) is 7.55. The maximum atomic E-state index is 4.64. The minimum Gasteiger partial charge on any atom is -0.245 e. The first-order chi connectivity index (χ1) is 18.4. The van der Waals surface area contributed by atoms with Crippen molar-refractivity contribution in [2.24, 2.45) is 0 Å². The fourth-order valence-corrected chi connectivity index (χ4v) is 7.07. The van der Waals surface area contributed by atoms with Gasteiger partial charge in [0.15, 0.2) is 0 Å². The standard InChI is InChI=1S/C35H21NS/c1-2-10-25-24(9-1)26-11-3-4-13-28(26)30-19-18-22(21-33(30)29-14-6-5-12-27(25)29)23-15-7-16-31-32-17-8-20-36-35(32)37-34(23)31/h1-21H. The van der Waals surface area contributed by atoms with E-state index in [2.05, 4.69) is 120 Å². The van der Waals surface area contributed by atoms with E-state index in [-0.39, 0.29) is 0 Å². The number of rotatable bonds is 1. The molecule has 0 bridgehead atoms. The molecule has 0 radical (unpaired) electrons. The van der Waals surface area contributed by atoms with Crippen molar-refractivity contribution in [2.75, 3.05) is 0 Å². The molecule has 172 valence electrons. The molecule has 1 nitrogen and oxygen atoms in total. The molecule has 0 atom stereocenters. The molecule has 0 saturated carbocycles. The topological polar surface area (TPSA) is 12.9 Å². The van der Waals surface area contributed by atoms with E-state index < -0.39 is 0 Å². The molecule has 5 aromatic carbocycles. The predicted molar refractivity (Wildman–Crippen MR) is 158 cm³/mol. The first-order valence-electron chi connectivity index (χ1n) is 12.6. The molecule has 1 aliphatic carbocycles. The number of aromatic nitrogens is 1. The molecular formula is C35H21NS. The van der Waals surface area contributed by atoms with Crippen molar-refractivity contribution in [1.29, 1.82) is 0 Å². The average molecular weight is 488 g/mol. The zero-order valence-corrected chi connectivity index (χ0v) is 20.8. The van der Waals surface area contributed by atoms with Crippen LogP contribution in [0.2, 0.25) is 0 Å². The van der Waals surface area contributed by atoms with Crippen molar-refractivity contribution >= 4 is 31.6 Å². The molecule has 8 rings (SSSR count). The number of pyridine rings is 1. The Balaban J connectivity index is 1.45. The lowest BCUT2D eigenvalue weighted by atomic mass is 9.80. The van der Waals surface area contributed by atoms with Crippen LogP contribution in [0.3, 0.4) is 0 Å². The molecule has 0 N–H and O–H groups in total. The van der Waals surface area contributed by atoms with Crippen molar-refractivity contribution in [2.45, 2.75) is 0 Å². The van der Waals surface area contributed by atoms with Gasteiger partial charge in [-0.1, -0.05) is 103 Å². The van der Waals surface area contributed by atoms with E-state index in [4.69, 9.17) is 0 Å². The van der Waals surface area contributed by atoms with Crippen LogP contribution in [0.25, 0.3) is 75.9 Å². The SMILES string of the molecule is c1ccc2c(c1)-c1ccccc1-c1ccc(-c3cccc4c3sc3ncccc34)cc1-c1ccccc1-2. The van der Waals surface area contributed by atoms with Gasteiger partial charge in [0.05, 0.1) is 0 Å². The summed E-state index contributed by atoms with van der Waals surface area (Å²) in [5.74, 6) is 0. The average Bonchev–Trinajstić information content (AvgIpc) is 3.35. The Morgan fingerprint density at radius 3 is 1.54 bits per heavy atom. The summed E-state index contributed by atoms with van der Waals surface area (Å²) in [4.78, 5) is 5.73. The van der Waals surface area contributed by atoms with Crippen molar-refractivity contribution in [3.63, 3.8) is 0 Å². The van der Waals surface area contributed by atoms with Crippen LogP contribution in [0.1, 0.15) is 0 Å². The first-order valence-corrected chi connectivity index (χ1v) is 13.4. The minimum atomic E-state index is 1.09. The lowest BCUT2D eigenvalue weighted by Crippen LogP contribution is -1.97. The number of hydrogen-bond donors (Lipinski definition) is 0. The summed E-state index contributed by atoms with van der Waals surface area (Å²) in [6, 6.07) is 44.3. The number of fused-ring (bicyclic) bond motifs is 11. The van der Waals surface area contributed by atoms with Gasteiger partial charge in [0.1, 0.15) is 4.83 Å². The molecule has 2 heterocycles. The second kappa shape index (κ2) is 7.99. The van der Waals surface area contributed by atoms with Gasteiger partial charge in [-0.05, 0) is 73.8 Å². The van der Waals surface area contributed by atoms with Crippen molar-refractivity contribution in [3.8, 4) is 55.6 Å². The zero-order chi connectivity index (χ0) is 24.3. The summed E-state index contributed by atoms with van der Waals surface area (Å²) in [6.07, 6.45) is 1.88. The fraction of sp³-hybridized carbons (Fsp3) is 0. The van der Waals surface area contributed by atoms with Gasteiger partial charge in [-0.2, -0.15) is 0 Å². The molecule has 0 saturated heterocycles. The quantitative estimate of drug-likeness (QED) is 0.224. The molecule has 0 unspecified atom stereocenters. The Hall–Kier alpha value is -4.53. The second-order valence-electron chi connectivity index (χ2n) is 9.54. The van der Waals surface area contributed by atoms with E-state index in [1.807, 2.05) is 12.3 Å². The third kappa shape index (κ3) is 3.06. The van der Waals surface area contributed by atoms with Gasteiger partial charge in [0.2, 0.25) is 0 Å². The van der Waals surface area contributed by atoms with Gasteiger partial charge in [-0.3, -0.25) is 0 Å².